The van der Waals surface area contributed by atoms with Crippen LogP contribution in [0.5, 0.6) is 0 Å². The number of carbonyl (C=O) groups excluding carboxylic acids is 1. The Balaban J connectivity index is 3.44. The minimum Gasteiger partial charge on any atom is -0.294 e. The van der Waals surface area contributed by atoms with Crippen LogP contribution in [0.3, 0.4) is 0 Å². The van der Waals surface area contributed by atoms with Crippen molar-refractivity contribution in [1.82, 2.24) is 0 Å². The van der Waals surface area contributed by atoms with Crippen molar-refractivity contribution in [3.63, 3.8) is 0 Å². The Labute approximate surface area is 83.1 Å². The van der Waals surface area contributed by atoms with Gasteiger partial charge in [-0.2, -0.15) is 5.26 Å². The normalized spacial score (nSPS) is 9.38. The number of rotatable bonds is 1. The highest BCUT2D eigenvalue weighted by Gasteiger charge is 2.10. The lowest BCUT2D eigenvalue weighted by molar-refractivity contribution is 0.101. The van der Waals surface area contributed by atoms with Crippen LogP contribution in [-0.4, -0.2) is 5.78 Å². The van der Waals surface area contributed by atoms with Crippen LogP contribution in [0.4, 0.5) is 4.39 Å². The fourth-order valence-electron chi connectivity index (χ4n) is 0.931. The van der Waals surface area contributed by atoms with Gasteiger partial charge in [0.15, 0.2) is 5.78 Å². The Morgan fingerprint density at radius 1 is 1.62 bits per heavy atom. The fraction of sp³-hybridized carbons (Fsp3) is 0.111. The van der Waals surface area contributed by atoms with E-state index in [1.807, 2.05) is 0 Å². The molecule has 2 nitrogen and oxygen atoms in total. The molecule has 0 N–H and O–H groups in total. The first-order valence-electron chi connectivity index (χ1n) is 3.46. The molecule has 4 heteroatoms. The maximum atomic E-state index is 12.9. The van der Waals surface area contributed by atoms with Gasteiger partial charge >= 0.3 is 0 Å². The maximum absolute atomic E-state index is 12.9. The molecule has 0 fully saturated rings. The Morgan fingerprint density at radius 2 is 2.23 bits per heavy atom. The van der Waals surface area contributed by atoms with Gasteiger partial charge in [-0.3, -0.25) is 4.79 Å². The van der Waals surface area contributed by atoms with Gasteiger partial charge < -0.3 is 0 Å². The number of Topliss-reactive ketones (excluding diaryl/α,β-unsaturated/α-hetero) is 1. The molecule has 1 aromatic rings. The second-order valence-electron chi connectivity index (χ2n) is 2.48. The first-order chi connectivity index (χ1) is 6.06. The minimum atomic E-state index is -0.540. The lowest BCUT2D eigenvalue weighted by Crippen LogP contribution is -1.98. The highest BCUT2D eigenvalue weighted by Crippen LogP contribution is 2.20. The van der Waals surface area contributed by atoms with Gasteiger partial charge in [0.2, 0.25) is 0 Å². The molecule has 0 spiro atoms. The van der Waals surface area contributed by atoms with Crippen LogP contribution in [0.25, 0.3) is 0 Å². The largest absolute Gasteiger partial charge is 0.294 e. The number of ketones is 1. The Bertz CT molecular complexity index is 409. The van der Waals surface area contributed by atoms with E-state index in [0.29, 0.717) is 0 Å². The molecule has 0 aliphatic carbocycles. The van der Waals surface area contributed by atoms with Crippen molar-refractivity contribution < 1.29 is 9.18 Å². The second kappa shape index (κ2) is 3.67. The molecule has 0 radical (unpaired) electrons. The van der Waals surface area contributed by atoms with Crippen molar-refractivity contribution in [2.45, 2.75) is 6.92 Å². The molecule has 0 bridgehead atoms. The van der Waals surface area contributed by atoms with Crippen molar-refractivity contribution in [3.8, 4) is 6.07 Å². The molecular weight excluding hydrogens is 237 g/mol. The highest BCUT2D eigenvalue weighted by molar-refractivity contribution is 9.10. The molecule has 0 atom stereocenters. The van der Waals surface area contributed by atoms with Crippen molar-refractivity contribution >= 4 is 21.7 Å². The summed E-state index contributed by atoms with van der Waals surface area (Å²) in [6, 6.07) is 4.12. The molecule has 13 heavy (non-hydrogen) atoms. The molecule has 0 saturated heterocycles. The van der Waals surface area contributed by atoms with E-state index in [1.54, 1.807) is 6.07 Å². The molecule has 0 saturated carbocycles. The van der Waals surface area contributed by atoms with E-state index in [2.05, 4.69) is 15.9 Å². The van der Waals surface area contributed by atoms with E-state index in [9.17, 15) is 9.18 Å². The predicted octanol–water partition coefficient (Wildman–Crippen LogP) is 2.66. The van der Waals surface area contributed by atoms with E-state index in [1.165, 1.54) is 13.0 Å². The fourth-order valence-corrected chi connectivity index (χ4v) is 1.27. The average Bonchev–Trinajstić information content (AvgIpc) is 2.08. The van der Waals surface area contributed by atoms with E-state index >= 15 is 0 Å². The third-order valence-corrected chi connectivity index (χ3v) is 2.17. The van der Waals surface area contributed by atoms with Crippen molar-refractivity contribution in [2.24, 2.45) is 0 Å². The molecule has 0 amide bonds. The SMILES string of the molecule is CC(=O)c1cc(Br)c(F)cc1C#N. The summed E-state index contributed by atoms with van der Waals surface area (Å²) in [5.41, 5.74) is 0.295. The summed E-state index contributed by atoms with van der Waals surface area (Å²) in [5, 5.41) is 8.60. The lowest BCUT2D eigenvalue weighted by atomic mass is 10.1. The van der Waals surface area contributed by atoms with Crippen LogP contribution < -0.4 is 0 Å². The quantitative estimate of drug-likeness (QED) is 0.710. The Kier molecular flexibility index (Phi) is 2.79. The van der Waals surface area contributed by atoms with E-state index in [0.717, 1.165) is 6.07 Å². The van der Waals surface area contributed by atoms with Crippen molar-refractivity contribution in [3.05, 3.63) is 33.5 Å². The molecule has 0 aliphatic heterocycles. The summed E-state index contributed by atoms with van der Waals surface area (Å²) >= 11 is 2.94. The summed E-state index contributed by atoms with van der Waals surface area (Å²) in [6.07, 6.45) is 0. The molecule has 66 valence electrons. The summed E-state index contributed by atoms with van der Waals surface area (Å²) in [5.74, 6) is -0.793. The minimum absolute atomic E-state index is 0.0631. The van der Waals surface area contributed by atoms with Gasteiger partial charge in [-0.05, 0) is 35.0 Å². The summed E-state index contributed by atoms with van der Waals surface area (Å²) < 4.78 is 13.1. The van der Waals surface area contributed by atoms with Gasteiger partial charge in [-0.25, -0.2) is 4.39 Å². The van der Waals surface area contributed by atoms with Gasteiger partial charge in [-0.1, -0.05) is 0 Å². The van der Waals surface area contributed by atoms with Crippen molar-refractivity contribution in [1.29, 1.82) is 5.26 Å². The van der Waals surface area contributed by atoms with Gasteiger partial charge in [0, 0.05) is 5.56 Å². The van der Waals surface area contributed by atoms with Crippen LogP contribution in [0, 0.1) is 17.1 Å². The molecule has 1 rings (SSSR count). The van der Waals surface area contributed by atoms with Crippen LogP contribution >= 0.6 is 15.9 Å². The lowest BCUT2D eigenvalue weighted by Gasteiger charge is -2.00. The summed E-state index contributed by atoms with van der Waals surface area (Å²) in [4.78, 5) is 11.0. The number of benzene rings is 1. The van der Waals surface area contributed by atoms with E-state index < -0.39 is 5.82 Å². The van der Waals surface area contributed by atoms with Crippen molar-refractivity contribution in [2.75, 3.05) is 0 Å². The first-order valence-corrected chi connectivity index (χ1v) is 4.25. The monoisotopic (exact) mass is 241 g/mol. The van der Waals surface area contributed by atoms with Crippen LogP contribution in [0.15, 0.2) is 16.6 Å². The van der Waals surface area contributed by atoms with E-state index in [-0.39, 0.29) is 21.4 Å². The van der Waals surface area contributed by atoms with Crippen LogP contribution in [0.2, 0.25) is 0 Å². The Morgan fingerprint density at radius 3 is 2.69 bits per heavy atom. The summed E-state index contributed by atoms with van der Waals surface area (Å²) in [7, 11) is 0. The Hall–Kier alpha value is -1.21. The zero-order valence-electron chi connectivity index (χ0n) is 6.77. The molecule has 0 aromatic heterocycles. The zero-order valence-corrected chi connectivity index (χ0v) is 8.35. The van der Waals surface area contributed by atoms with Gasteiger partial charge in [0.05, 0.1) is 16.1 Å². The maximum Gasteiger partial charge on any atom is 0.161 e. The van der Waals surface area contributed by atoms with E-state index in [4.69, 9.17) is 5.26 Å². The highest BCUT2D eigenvalue weighted by atomic mass is 79.9. The summed E-state index contributed by atoms with van der Waals surface area (Å²) in [6.45, 7) is 1.33. The predicted molar refractivity (Wildman–Crippen MR) is 48.8 cm³/mol. The first kappa shape index (κ1) is 9.87. The van der Waals surface area contributed by atoms with Gasteiger partial charge in [0.1, 0.15) is 5.82 Å². The molecule has 0 unspecified atom stereocenters. The van der Waals surface area contributed by atoms with Crippen LogP contribution in [-0.2, 0) is 0 Å². The van der Waals surface area contributed by atoms with Crippen LogP contribution in [0.1, 0.15) is 22.8 Å². The number of nitrogens with zero attached hydrogens (tertiary/aromatic N) is 1. The third-order valence-electron chi connectivity index (χ3n) is 1.56. The molecule has 0 aliphatic rings. The molecule has 1 aromatic carbocycles. The second-order valence-corrected chi connectivity index (χ2v) is 3.33. The molecule has 0 heterocycles. The standard InChI is InChI=1S/C9H5BrFNO/c1-5(13)7-3-8(10)9(11)2-6(7)4-12/h2-3H,1H3. The average molecular weight is 242 g/mol. The zero-order chi connectivity index (χ0) is 10.0. The number of nitriles is 1. The van der Waals surface area contributed by atoms with Gasteiger partial charge in [-0.15, -0.1) is 0 Å². The topological polar surface area (TPSA) is 40.9 Å². The molecular formula is C9H5BrFNO. The van der Waals surface area contributed by atoms with Gasteiger partial charge in [0.25, 0.3) is 0 Å². The third kappa shape index (κ3) is 1.93. The smallest absolute Gasteiger partial charge is 0.161 e. The number of hydrogen-bond acceptors (Lipinski definition) is 2. The number of hydrogen-bond donors (Lipinski definition) is 0. The number of halogens is 2. The number of carbonyl (C=O) groups is 1.